The van der Waals surface area contributed by atoms with E-state index in [1.54, 1.807) is 0 Å². The van der Waals surface area contributed by atoms with E-state index >= 15 is 0 Å². The maximum absolute atomic E-state index is 12.2. The van der Waals surface area contributed by atoms with E-state index in [0.717, 1.165) is 25.9 Å². The summed E-state index contributed by atoms with van der Waals surface area (Å²) in [5, 5.41) is 2.85. The number of nitrogens with one attached hydrogen (secondary N) is 1. The zero-order valence-electron chi connectivity index (χ0n) is 10.9. The first-order valence-corrected chi connectivity index (χ1v) is 6.60. The van der Waals surface area contributed by atoms with Crippen LogP contribution >= 0.6 is 0 Å². The molecule has 0 bridgehead atoms. The van der Waals surface area contributed by atoms with Crippen LogP contribution in [0.5, 0.6) is 0 Å². The number of amides is 2. The maximum Gasteiger partial charge on any atom is 0.226 e. The van der Waals surface area contributed by atoms with Crippen molar-refractivity contribution in [2.45, 2.75) is 39.7 Å². The highest BCUT2D eigenvalue weighted by Gasteiger charge is 2.41. The van der Waals surface area contributed by atoms with Crippen LogP contribution in [-0.2, 0) is 9.59 Å². The minimum Gasteiger partial charge on any atom is -0.356 e. The van der Waals surface area contributed by atoms with Crippen molar-refractivity contribution >= 4 is 11.8 Å². The first kappa shape index (κ1) is 12.4. The van der Waals surface area contributed by atoms with Crippen LogP contribution in [0.4, 0.5) is 0 Å². The third kappa shape index (κ3) is 2.17. The number of hydrogen-bond donors (Lipinski definition) is 1. The van der Waals surface area contributed by atoms with Gasteiger partial charge in [0.25, 0.3) is 0 Å². The molecule has 2 heterocycles. The summed E-state index contributed by atoms with van der Waals surface area (Å²) in [6.07, 6.45) is 1.80. The lowest BCUT2D eigenvalue weighted by Crippen LogP contribution is -2.43. The van der Waals surface area contributed by atoms with Crippen molar-refractivity contribution in [2.24, 2.45) is 17.8 Å². The molecule has 2 rings (SSSR count). The van der Waals surface area contributed by atoms with Crippen LogP contribution in [0.3, 0.4) is 0 Å². The van der Waals surface area contributed by atoms with Crippen molar-refractivity contribution in [2.75, 3.05) is 13.1 Å². The van der Waals surface area contributed by atoms with Gasteiger partial charge in [0, 0.05) is 25.0 Å². The molecule has 3 atom stereocenters. The van der Waals surface area contributed by atoms with Gasteiger partial charge >= 0.3 is 0 Å². The zero-order chi connectivity index (χ0) is 12.6. The van der Waals surface area contributed by atoms with Crippen LogP contribution in [0.25, 0.3) is 0 Å². The maximum atomic E-state index is 12.2. The molecular formula is C13H22N2O2. The molecule has 2 aliphatic heterocycles. The van der Waals surface area contributed by atoms with Gasteiger partial charge in [0.15, 0.2) is 0 Å². The molecule has 2 amide bonds. The molecule has 0 radical (unpaired) electrons. The summed E-state index contributed by atoms with van der Waals surface area (Å²) < 4.78 is 0. The first-order valence-electron chi connectivity index (χ1n) is 6.60. The Morgan fingerprint density at radius 2 is 1.88 bits per heavy atom. The summed E-state index contributed by atoms with van der Waals surface area (Å²) in [6, 6.07) is 0.0498. The Kier molecular flexibility index (Phi) is 3.40. The van der Waals surface area contributed by atoms with Crippen molar-refractivity contribution in [3.63, 3.8) is 0 Å². The SMILES string of the molecule is CC(C)C1CCN(C(C)C2CCNC2=O)C1=O. The molecule has 4 nitrogen and oxygen atoms in total. The molecule has 0 aromatic rings. The molecule has 4 heteroatoms. The second-order valence-electron chi connectivity index (χ2n) is 5.60. The fourth-order valence-corrected chi connectivity index (χ4v) is 3.04. The minimum absolute atomic E-state index is 0.00939. The molecular weight excluding hydrogens is 216 g/mol. The van der Waals surface area contributed by atoms with Crippen molar-refractivity contribution in [3.05, 3.63) is 0 Å². The first-order chi connectivity index (χ1) is 8.02. The predicted octanol–water partition coefficient (Wildman–Crippen LogP) is 1.02. The highest BCUT2D eigenvalue weighted by atomic mass is 16.2. The third-order valence-electron chi connectivity index (χ3n) is 4.25. The molecule has 0 aromatic heterocycles. The number of nitrogens with zero attached hydrogens (tertiary/aromatic N) is 1. The van der Waals surface area contributed by atoms with Gasteiger partial charge in [0.1, 0.15) is 0 Å². The van der Waals surface area contributed by atoms with Gasteiger partial charge in [-0.05, 0) is 25.7 Å². The Hall–Kier alpha value is -1.06. The molecule has 3 unspecified atom stereocenters. The molecule has 2 saturated heterocycles. The van der Waals surface area contributed by atoms with E-state index in [4.69, 9.17) is 0 Å². The Balaban J connectivity index is 2.04. The molecule has 1 N–H and O–H groups in total. The summed E-state index contributed by atoms with van der Waals surface area (Å²) in [6.45, 7) is 7.77. The molecule has 0 spiro atoms. The van der Waals surface area contributed by atoms with Crippen molar-refractivity contribution in [1.29, 1.82) is 0 Å². The summed E-state index contributed by atoms with van der Waals surface area (Å²) in [5.41, 5.74) is 0. The standard InChI is InChI=1S/C13H22N2O2/c1-8(2)10-5-7-15(13(10)17)9(3)11-4-6-14-12(11)16/h8-11H,4-7H2,1-3H3,(H,14,16). The quantitative estimate of drug-likeness (QED) is 0.798. The lowest BCUT2D eigenvalue weighted by Gasteiger charge is -2.28. The van der Waals surface area contributed by atoms with E-state index < -0.39 is 0 Å². The van der Waals surface area contributed by atoms with Gasteiger partial charge in [0.05, 0.1) is 5.92 Å². The van der Waals surface area contributed by atoms with E-state index in [2.05, 4.69) is 19.2 Å². The van der Waals surface area contributed by atoms with Crippen molar-refractivity contribution < 1.29 is 9.59 Å². The lowest BCUT2D eigenvalue weighted by atomic mass is 9.94. The average Bonchev–Trinajstić information content (AvgIpc) is 2.83. The number of carbonyl (C=O) groups is 2. The Morgan fingerprint density at radius 3 is 2.35 bits per heavy atom. The molecule has 96 valence electrons. The van der Waals surface area contributed by atoms with Gasteiger partial charge in [0.2, 0.25) is 11.8 Å². The van der Waals surface area contributed by atoms with E-state index in [1.807, 2.05) is 11.8 Å². The summed E-state index contributed by atoms with van der Waals surface area (Å²) in [7, 11) is 0. The number of rotatable bonds is 3. The zero-order valence-corrected chi connectivity index (χ0v) is 10.9. The lowest BCUT2D eigenvalue weighted by molar-refractivity contribution is -0.135. The molecule has 0 aromatic carbocycles. The fourth-order valence-electron chi connectivity index (χ4n) is 3.04. The van der Waals surface area contributed by atoms with Crippen molar-refractivity contribution in [1.82, 2.24) is 10.2 Å². The highest BCUT2D eigenvalue weighted by molar-refractivity contribution is 5.84. The van der Waals surface area contributed by atoms with Gasteiger partial charge < -0.3 is 10.2 Å². The molecule has 0 aliphatic carbocycles. The number of likely N-dealkylation sites (tertiary alicyclic amines) is 1. The van der Waals surface area contributed by atoms with Gasteiger partial charge in [-0.15, -0.1) is 0 Å². The number of hydrogen-bond acceptors (Lipinski definition) is 2. The van der Waals surface area contributed by atoms with Crippen molar-refractivity contribution in [3.8, 4) is 0 Å². The minimum atomic E-state index is -0.00939. The van der Waals surface area contributed by atoms with Crippen LogP contribution in [-0.4, -0.2) is 35.8 Å². The van der Waals surface area contributed by atoms with Gasteiger partial charge in [-0.25, -0.2) is 0 Å². The largest absolute Gasteiger partial charge is 0.356 e. The molecule has 2 fully saturated rings. The third-order valence-corrected chi connectivity index (χ3v) is 4.25. The number of carbonyl (C=O) groups excluding carboxylic acids is 2. The molecule has 2 aliphatic rings. The van der Waals surface area contributed by atoms with Crippen LogP contribution in [0.15, 0.2) is 0 Å². The second kappa shape index (κ2) is 4.67. The topological polar surface area (TPSA) is 49.4 Å². The molecule has 17 heavy (non-hydrogen) atoms. The van der Waals surface area contributed by atoms with Gasteiger partial charge in [-0.3, -0.25) is 9.59 Å². The van der Waals surface area contributed by atoms with E-state index in [9.17, 15) is 9.59 Å². The highest BCUT2D eigenvalue weighted by Crippen LogP contribution is 2.30. The van der Waals surface area contributed by atoms with Crippen LogP contribution in [0.2, 0.25) is 0 Å². The van der Waals surface area contributed by atoms with Gasteiger partial charge in [-0.2, -0.15) is 0 Å². The van der Waals surface area contributed by atoms with E-state index in [1.165, 1.54) is 0 Å². The normalized spacial score (nSPS) is 31.2. The fraction of sp³-hybridized carbons (Fsp3) is 0.846. The van der Waals surface area contributed by atoms with E-state index in [-0.39, 0.29) is 29.7 Å². The second-order valence-corrected chi connectivity index (χ2v) is 5.60. The summed E-state index contributed by atoms with van der Waals surface area (Å²) in [4.78, 5) is 25.8. The van der Waals surface area contributed by atoms with Crippen LogP contribution in [0.1, 0.15) is 33.6 Å². The average molecular weight is 238 g/mol. The smallest absolute Gasteiger partial charge is 0.226 e. The predicted molar refractivity (Wildman–Crippen MR) is 65.2 cm³/mol. The van der Waals surface area contributed by atoms with Gasteiger partial charge in [-0.1, -0.05) is 13.8 Å². The summed E-state index contributed by atoms with van der Waals surface area (Å²) >= 11 is 0. The Bertz CT molecular complexity index is 327. The summed E-state index contributed by atoms with van der Waals surface area (Å²) in [5.74, 6) is 0.898. The van der Waals surface area contributed by atoms with Crippen LogP contribution < -0.4 is 5.32 Å². The Labute approximate surface area is 103 Å². The van der Waals surface area contributed by atoms with E-state index in [0.29, 0.717) is 5.92 Å². The monoisotopic (exact) mass is 238 g/mol. The van der Waals surface area contributed by atoms with Crippen LogP contribution in [0, 0.1) is 17.8 Å². The molecule has 0 saturated carbocycles. The Morgan fingerprint density at radius 1 is 1.18 bits per heavy atom.